The first-order valence-electron chi connectivity index (χ1n) is 5.09. The fourth-order valence-corrected chi connectivity index (χ4v) is 1.95. The summed E-state index contributed by atoms with van der Waals surface area (Å²) < 4.78 is 2.22. The van der Waals surface area contributed by atoms with Crippen LogP contribution in [0.1, 0.15) is 16.8 Å². The lowest BCUT2D eigenvalue weighted by atomic mass is 10.1. The molecule has 0 saturated carbocycles. The summed E-state index contributed by atoms with van der Waals surface area (Å²) in [6, 6.07) is 8.06. The van der Waals surface area contributed by atoms with E-state index in [1.165, 1.54) is 5.56 Å². The quantitative estimate of drug-likeness (QED) is 0.902. The monoisotopic (exact) mass is 280 g/mol. The van der Waals surface area contributed by atoms with Crippen LogP contribution in [0, 0.1) is 13.8 Å². The molecule has 0 bridgehead atoms. The van der Waals surface area contributed by atoms with Crippen molar-refractivity contribution in [1.29, 1.82) is 0 Å². The number of halogens is 1. The molecule has 1 N–H and O–H groups in total. The maximum absolute atomic E-state index is 11.8. The third kappa shape index (κ3) is 1.97. The van der Waals surface area contributed by atoms with Gasteiger partial charge in [-0.1, -0.05) is 24.3 Å². The third-order valence-electron chi connectivity index (χ3n) is 2.65. The van der Waals surface area contributed by atoms with E-state index in [2.05, 4.69) is 21.0 Å². The molecule has 0 unspecified atom stereocenters. The predicted molar refractivity (Wildman–Crippen MR) is 67.8 cm³/mol. The average molecular weight is 281 g/mol. The molecule has 0 aliphatic heterocycles. The normalized spacial score (nSPS) is 10.7. The van der Waals surface area contributed by atoms with Crippen LogP contribution < -0.4 is 5.56 Å². The van der Waals surface area contributed by atoms with E-state index in [0.717, 1.165) is 11.3 Å². The topological polar surface area (TPSA) is 37.8 Å². The maximum Gasteiger partial charge on any atom is 0.281 e. The summed E-state index contributed by atoms with van der Waals surface area (Å²) in [7, 11) is 0. The third-order valence-corrected chi connectivity index (χ3v) is 3.59. The molecule has 84 valence electrons. The Balaban J connectivity index is 2.38. The molecule has 1 aromatic heterocycles. The van der Waals surface area contributed by atoms with Crippen LogP contribution >= 0.6 is 15.9 Å². The summed E-state index contributed by atoms with van der Waals surface area (Å²) in [5.74, 6) is 0. The van der Waals surface area contributed by atoms with Crippen molar-refractivity contribution in [3.63, 3.8) is 0 Å². The molecule has 0 fully saturated rings. The molecule has 0 saturated heterocycles. The van der Waals surface area contributed by atoms with Crippen molar-refractivity contribution in [3.8, 4) is 0 Å². The fourth-order valence-electron chi connectivity index (χ4n) is 1.65. The molecular weight excluding hydrogens is 268 g/mol. The minimum Gasteiger partial charge on any atom is -0.299 e. The molecule has 0 aliphatic carbocycles. The SMILES string of the molecule is Cc1ccccc1Cn1[nH]c(C)c(Br)c1=O. The second-order valence-electron chi connectivity index (χ2n) is 3.87. The summed E-state index contributed by atoms with van der Waals surface area (Å²) in [5.41, 5.74) is 3.19. The van der Waals surface area contributed by atoms with E-state index in [9.17, 15) is 4.79 Å². The van der Waals surface area contributed by atoms with E-state index in [0.29, 0.717) is 11.0 Å². The number of benzene rings is 1. The number of nitrogens with one attached hydrogen (secondary N) is 1. The molecule has 2 rings (SSSR count). The van der Waals surface area contributed by atoms with E-state index in [4.69, 9.17) is 0 Å². The van der Waals surface area contributed by atoms with Crippen molar-refractivity contribution in [2.45, 2.75) is 20.4 Å². The van der Waals surface area contributed by atoms with E-state index in [-0.39, 0.29) is 5.56 Å². The molecule has 0 atom stereocenters. The van der Waals surface area contributed by atoms with Gasteiger partial charge in [-0.3, -0.25) is 9.89 Å². The van der Waals surface area contributed by atoms with Gasteiger partial charge in [-0.15, -0.1) is 0 Å². The Morgan fingerprint density at radius 3 is 2.56 bits per heavy atom. The smallest absolute Gasteiger partial charge is 0.281 e. The predicted octanol–water partition coefficient (Wildman–Crippen LogP) is 2.60. The van der Waals surface area contributed by atoms with Crippen molar-refractivity contribution in [1.82, 2.24) is 9.78 Å². The molecule has 4 heteroatoms. The van der Waals surface area contributed by atoms with Gasteiger partial charge in [0.05, 0.1) is 6.54 Å². The Bertz CT molecular complexity index is 569. The molecular formula is C12H13BrN2O. The van der Waals surface area contributed by atoms with Gasteiger partial charge >= 0.3 is 0 Å². The number of hydrogen-bond donors (Lipinski definition) is 1. The van der Waals surface area contributed by atoms with Gasteiger partial charge in [-0.05, 0) is 40.9 Å². The minimum absolute atomic E-state index is 0.0132. The van der Waals surface area contributed by atoms with Crippen LogP contribution in [0.3, 0.4) is 0 Å². The zero-order valence-corrected chi connectivity index (χ0v) is 10.8. The average Bonchev–Trinajstić information content (AvgIpc) is 2.50. The highest BCUT2D eigenvalue weighted by Gasteiger charge is 2.08. The van der Waals surface area contributed by atoms with E-state index in [1.54, 1.807) is 4.68 Å². The number of hydrogen-bond acceptors (Lipinski definition) is 1. The van der Waals surface area contributed by atoms with Crippen LogP contribution in [0.5, 0.6) is 0 Å². The van der Waals surface area contributed by atoms with Gasteiger partial charge in [0.1, 0.15) is 4.47 Å². The van der Waals surface area contributed by atoms with Crippen LogP contribution in [-0.4, -0.2) is 9.78 Å². The van der Waals surface area contributed by atoms with Gasteiger partial charge < -0.3 is 0 Å². The number of aromatic amines is 1. The summed E-state index contributed by atoms with van der Waals surface area (Å²) in [5, 5.41) is 3.05. The molecule has 0 radical (unpaired) electrons. The first-order chi connectivity index (χ1) is 7.59. The highest BCUT2D eigenvalue weighted by molar-refractivity contribution is 9.10. The molecule has 0 spiro atoms. The number of nitrogens with zero attached hydrogens (tertiary/aromatic N) is 1. The minimum atomic E-state index is -0.0132. The summed E-state index contributed by atoms with van der Waals surface area (Å²) in [6.07, 6.45) is 0. The maximum atomic E-state index is 11.8. The number of H-pyrrole nitrogens is 1. The van der Waals surface area contributed by atoms with Gasteiger partial charge in [0.25, 0.3) is 5.56 Å². The summed E-state index contributed by atoms with van der Waals surface area (Å²) in [6.45, 7) is 4.50. The Morgan fingerprint density at radius 2 is 2.00 bits per heavy atom. The molecule has 2 aromatic rings. The second kappa shape index (κ2) is 4.29. The molecule has 1 heterocycles. The fraction of sp³-hybridized carbons (Fsp3) is 0.250. The standard InChI is InChI=1S/C12H13BrN2O/c1-8-5-3-4-6-10(8)7-15-12(16)11(13)9(2)14-15/h3-6,14H,7H2,1-2H3. The van der Waals surface area contributed by atoms with Gasteiger partial charge in [0, 0.05) is 5.69 Å². The molecule has 0 aliphatic rings. The zero-order valence-electron chi connectivity index (χ0n) is 9.25. The zero-order chi connectivity index (χ0) is 11.7. The van der Waals surface area contributed by atoms with Gasteiger partial charge in [-0.2, -0.15) is 0 Å². The largest absolute Gasteiger partial charge is 0.299 e. The first-order valence-corrected chi connectivity index (χ1v) is 5.88. The molecule has 3 nitrogen and oxygen atoms in total. The van der Waals surface area contributed by atoms with E-state index < -0.39 is 0 Å². The Kier molecular flexibility index (Phi) is 3.01. The van der Waals surface area contributed by atoms with Crippen LogP contribution in [0.15, 0.2) is 33.5 Å². The Hall–Kier alpha value is -1.29. The second-order valence-corrected chi connectivity index (χ2v) is 4.66. The van der Waals surface area contributed by atoms with E-state index in [1.807, 2.05) is 38.1 Å². The van der Waals surface area contributed by atoms with Crippen LogP contribution in [-0.2, 0) is 6.54 Å². The van der Waals surface area contributed by atoms with Crippen LogP contribution in [0.2, 0.25) is 0 Å². The van der Waals surface area contributed by atoms with Gasteiger partial charge in [0.2, 0.25) is 0 Å². The van der Waals surface area contributed by atoms with Crippen molar-refractivity contribution < 1.29 is 0 Å². The number of aryl methyl sites for hydroxylation is 2. The van der Waals surface area contributed by atoms with Crippen molar-refractivity contribution in [3.05, 3.63) is 55.9 Å². The van der Waals surface area contributed by atoms with Crippen molar-refractivity contribution in [2.75, 3.05) is 0 Å². The van der Waals surface area contributed by atoms with Crippen LogP contribution in [0.4, 0.5) is 0 Å². The highest BCUT2D eigenvalue weighted by atomic mass is 79.9. The van der Waals surface area contributed by atoms with Crippen LogP contribution in [0.25, 0.3) is 0 Å². The summed E-state index contributed by atoms with van der Waals surface area (Å²) >= 11 is 3.27. The lowest BCUT2D eigenvalue weighted by Gasteiger charge is -2.05. The molecule has 16 heavy (non-hydrogen) atoms. The highest BCUT2D eigenvalue weighted by Crippen LogP contribution is 2.11. The molecule has 1 aromatic carbocycles. The first kappa shape index (κ1) is 11.2. The number of rotatable bonds is 2. The van der Waals surface area contributed by atoms with Gasteiger partial charge in [-0.25, -0.2) is 4.68 Å². The molecule has 0 amide bonds. The number of aromatic nitrogens is 2. The van der Waals surface area contributed by atoms with Crippen molar-refractivity contribution in [2.24, 2.45) is 0 Å². The lowest BCUT2D eigenvalue weighted by molar-refractivity contribution is 0.655. The van der Waals surface area contributed by atoms with E-state index >= 15 is 0 Å². The lowest BCUT2D eigenvalue weighted by Crippen LogP contribution is -2.18. The summed E-state index contributed by atoms with van der Waals surface area (Å²) in [4.78, 5) is 11.8. The Morgan fingerprint density at radius 1 is 1.31 bits per heavy atom. The van der Waals surface area contributed by atoms with Crippen molar-refractivity contribution >= 4 is 15.9 Å². The van der Waals surface area contributed by atoms with Gasteiger partial charge in [0.15, 0.2) is 0 Å². The Labute approximate surface area is 102 Å².